The van der Waals surface area contributed by atoms with Crippen LogP contribution in [0.4, 0.5) is 10.1 Å². The SMILES string of the molecule is CC1CN(Cc2csc(NC(=O)c3ccc(NC(=O)c4ccco4)s3)n2)CC(C)O1. The summed E-state index contributed by atoms with van der Waals surface area (Å²) in [4.78, 5) is 31.9. The van der Waals surface area contributed by atoms with Gasteiger partial charge in [-0.1, -0.05) is 0 Å². The molecule has 0 spiro atoms. The number of anilines is 2. The molecule has 0 radical (unpaired) electrons. The maximum atomic E-state index is 12.5. The Morgan fingerprint density at radius 2 is 1.97 bits per heavy atom. The highest BCUT2D eigenvalue weighted by molar-refractivity contribution is 7.18. The van der Waals surface area contributed by atoms with Crippen LogP contribution in [0.3, 0.4) is 0 Å². The van der Waals surface area contributed by atoms with Gasteiger partial charge in [-0.15, -0.1) is 22.7 Å². The maximum absolute atomic E-state index is 12.5. The molecule has 158 valence electrons. The number of carbonyl (C=O) groups is 2. The van der Waals surface area contributed by atoms with Gasteiger partial charge >= 0.3 is 0 Å². The van der Waals surface area contributed by atoms with Crippen molar-refractivity contribution in [2.75, 3.05) is 23.7 Å². The van der Waals surface area contributed by atoms with Gasteiger partial charge in [0.2, 0.25) is 0 Å². The molecule has 0 aromatic carbocycles. The van der Waals surface area contributed by atoms with Crippen molar-refractivity contribution in [2.45, 2.75) is 32.6 Å². The Morgan fingerprint density at radius 3 is 2.70 bits per heavy atom. The number of nitrogens with one attached hydrogen (secondary N) is 2. The van der Waals surface area contributed by atoms with E-state index in [1.54, 1.807) is 24.3 Å². The van der Waals surface area contributed by atoms with E-state index >= 15 is 0 Å². The highest BCUT2D eigenvalue weighted by Crippen LogP contribution is 2.25. The second-order valence-electron chi connectivity index (χ2n) is 7.14. The lowest BCUT2D eigenvalue weighted by Gasteiger charge is -2.34. The van der Waals surface area contributed by atoms with Crippen molar-refractivity contribution in [3.05, 3.63) is 52.2 Å². The van der Waals surface area contributed by atoms with Crippen LogP contribution in [0.15, 0.2) is 40.3 Å². The van der Waals surface area contributed by atoms with Gasteiger partial charge in [0.1, 0.15) is 0 Å². The van der Waals surface area contributed by atoms with Crippen LogP contribution in [0.25, 0.3) is 0 Å². The Balaban J connectivity index is 1.32. The van der Waals surface area contributed by atoms with Gasteiger partial charge in [0, 0.05) is 25.0 Å². The summed E-state index contributed by atoms with van der Waals surface area (Å²) in [6.07, 6.45) is 1.84. The standard InChI is InChI=1S/C20H22N4O4S2/c1-12-8-24(9-13(2)28-12)10-14-11-29-20(21-14)23-19(26)16-5-6-17(30-16)22-18(25)15-4-3-7-27-15/h3-7,11-13H,8-10H2,1-2H3,(H,22,25)(H,21,23,26). The number of nitrogens with zero attached hydrogens (tertiary/aromatic N) is 2. The van der Waals surface area contributed by atoms with E-state index in [2.05, 4.69) is 34.4 Å². The van der Waals surface area contributed by atoms with Gasteiger partial charge in [0.25, 0.3) is 11.8 Å². The quantitative estimate of drug-likeness (QED) is 0.596. The molecule has 2 amide bonds. The molecule has 1 fully saturated rings. The molecule has 0 aliphatic carbocycles. The molecule has 0 bridgehead atoms. The van der Waals surface area contributed by atoms with Crippen molar-refractivity contribution in [3.8, 4) is 0 Å². The fourth-order valence-corrected chi connectivity index (χ4v) is 4.84. The molecule has 3 aromatic heterocycles. The first-order chi connectivity index (χ1) is 14.5. The zero-order valence-corrected chi connectivity index (χ0v) is 18.2. The highest BCUT2D eigenvalue weighted by atomic mass is 32.1. The smallest absolute Gasteiger partial charge is 0.291 e. The molecule has 2 unspecified atom stereocenters. The van der Waals surface area contributed by atoms with Crippen molar-refractivity contribution < 1.29 is 18.7 Å². The second-order valence-corrected chi connectivity index (χ2v) is 9.09. The summed E-state index contributed by atoms with van der Waals surface area (Å²) in [5, 5.41) is 8.63. The molecule has 30 heavy (non-hydrogen) atoms. The van der Waals surface area contributed by atoms with Gasteiger partial charge < -0.3 is 14.5 Å². The third kappa shape index (κ3) is 5.14. The van der Waals surface area contributed by atoms with E-state index in [-0.39, 0.29) is 29.8 Å². The molecular weight excluding hydrogens is 424 g/mol. The van der Waals surface area contributed by atoms with Crippen LogP contribution in [-0.2, 0) is 11.3 Å². The summed E-state index contributed by atoms with van der Waals surface area (Å²) in [5.74, 6) is -0.396. The molecule has 4 rings (SSSR count). The van der Waals surface area contributed by atoms with Gasteiger partial charge in [-0.25, -0.2) is 4.98 Å². The van der Waals surface area contributed by atoms with E-state index in [4.69, 9.17) is 9.15 Å². The molecular formula is C20H22N4O4S2. The third-order valence-electron chi connectivity index (χ3n) is 4.46. The van der Waals surface area contributed by atoms with Crippen molar-refractivity contribution in [1.82, 2.24) is 9.88 Å². The summed E-state index contributed by atoms with van der Waals surface area (Å²) >= 11 is 2.59. The zero-order chi connectivity index (χ0) is 21.1. The summed E-state index contributed by atoms with van der Waals surface area (Å²) in [6, 6.07) is 6.58. The second kappa shape index (κ2) is 9.09. The van der Waals surface area contributed by atoms with Crippen LogP contribution in [-0.4, -0.2) is 47.0 Å². The molecule has 2 atom stereocenters. The number of carbonyl (C=O) groups excluding carboxylic acids is 2. The minimum atomic E-state index is -0.356. The first-order valence-electron chi connectivity index (χ1n) is 9.54. The number of thiazole rings is 1. The lowest BCUT2D eigenvalue weighted by molar-refractivity contribution is -0.0707. The average molecular weight is 447 g/mol. The van der Waals surface area contributed by atoms with Crippen LogP contribution in [0.2, 0.25) is 0 Å². The summed E-state index contributed by atoms with van der Waals surface area (Å²) < 4.78 is 10.8. The van der Waals surface area contributed by atoms with Crippen molar-refractivity contribution in [1.29, 1.82) is 0 Å². The van der Waals surface area contributed by atoms with E-state index in [9.17, 15) is 9.59 Å². The summed E-state index contributed by atoms with van der Waals surface area (Å²) in [6.45, 7) is 6.60. The van der Waals surface area contributed by atoms with E-state index in [1.165, 1.54) is 28.9 Å². The molecule has 8 nitrogen and oxygen atoms in total. The van der Waals surface area contributed by atoms with E-state index in [0.29, 0.717) is 15.0 Å². The first-order valence-corrected chi connectivity index (χ1v) is 11.2. The molecule has 1 aliphatic rings. The molecule has 0 saturated carbocycles. The Kier molecular flexibility index (Phi) is 6.28. The fourth-order valence-electron chi connectivity index (χ4n) is 3.35. The van der Waals surface area contributed by atoms with E-state index < -0.39 is 0 Å². The number of furan rings is 1. The molecule has 1 saturated heterocycles. The summed E-state index contributed by atoms with van der Waals surface area (Å²) in [7, 11) is 0. The van der Waals surface area contributed by atoms with Crippen LogP contribution < -0.4 is 10.6 Å². The monoisotopic (exact) mass is 446 g/mol. The number of aromatic nitrogens is 1. The number of hydrogen-bond donors (Lipinski definition) is 2. The summed E-state index contributed by atoms with van der Waals surface area (Å²) in [5.41, 5.74) is 0.925. The highest BCUT2D eigenvalue weighted by Gasteiger charge is 2.23. The van der Waals surface area contributed by atoms with Gasteiger partial charge in [-0.05, 0) is 38.1 Å². The lowest BCUT2D eigenvalue weighted by atomic mass is 10.2. The van der Waals surface area contributed by atoms with Crippen LogP contribution in [0.5, 0.6) is 0 Å². The number of ether oxygens (including phenoxy) is 1. The predicted octanol–water partition coefficient (Wildman–Crippen LogP) is 3.91. The van der Waals surface area contributed by atoms with Crippen LogP contribution in [0, 0.1) is 0 Å². The average Bonchev–Trinajstić information content (AvgIpc) is 3.42. The Labute approximate surface area is 181 Å². The van der Waals surface area contributed by atoms with E-state index in [1.807, 2.05) is 5.38 Å². The predicted molar refractivity (Wildman–Crippen MR) is 116 cm³/mol. The van der Waals surface area contributed by atoms with Crippen molar-refractivity contribution in [3.63, 3.8) is 0 Å². The molecule has 3 aromatic rings. The van der Waals surface area contributed by atoms with E-state index in [0.717, 1.165) is 25.3 Å². The minimum absolute atomic E-state index is 0.202. The molecule has 1 aliphatic heterocycles. The van der Waals surface area contributed by atoms with Crippen LogP contribution >= 0.6 is 22.7 Å². The Bertz CT molecular complexity index is 1000. The maximum Gasteiger partial charge on any atom is 0.291 e. The number of hydrogen-bond acceptors (Lipinski definition) is 8. The zero-order valence-electron chi connectivity index (χ0n) is 16.6. The van der Waals surface area contributed by atoms with Gasteiger partial charge in [-0.2, -0.15) is 0 Å². The number of rotatable bonds is 6. The Hall–Kier alpha value is -2.53. The number of amides is 2. The first kappa shape index (κ1) is 20.7. The van der Waals surface area contributed by atoms with Crippen molar-refractivity contribution >= 4 is 44.6 Å². The number of thiophene rings is 1. The fraction of sp³-hybridized carbons (Fsp3) is 0.350. The van der Waals surface area contributed by atoms with Crippen LogP contribution in [0.1, 0.15) is 39.8 Å². The largest absolute Gasteiger partial charge is 0.459 e. The molecule has 2 N–H and O–H groups in total. The molecule has 4 heterocycles. The number of morpholine rings is 1. The minimum Gasteiger partial charge on any atom is -0.459 e. The normalized spacial score (nSPS) is 19.5. The third-order valence-corrected chi connectivity index (χ3v) is 6.27. The van der Waals surface area contributed by atoms with Gasteiger partial charge in [0.05, 0.1) is 34.0 Å². The van der Waals surface area contributed by atoms with Gasteiger partial charge in [-0.3, -0.25) is 19.8 Å². The molecule has 10 heteroatoms. The lowest BCUT2D eigenvalue weighted by Crippen LogP contribution is -2.44. The van der Waals surface area contributed by atoms with Gasteiger partial charge in [0.15, 0.2) is 10.9 Å². The Morgan fingerprint density at radius 1 is 1.17 bits per heavy atom. The van der Waals surface area contributed by atoms with Crippen molar-refractivity contribution in [2.24, 2.45) is 0 Å². The topological polar surface area (TPSA) is 96.7 Å².